The van der Waals surface area contributed by atoms with Crippen LogP contribution in [-0.2, 0) is 22.1 Å². The van der Waals surface area contributed by atoms with Crippen molar-refractivity contribution in [3.63, 3.8) is 0 Å². The maximum absolute atomic E-state index is 13.2. The molecule has 3 aliphatic rings. The van der Waals surface area contributed by atoms with Crippen LogP contribution in [-0.4, -0.2) is 67.2 Å². The molecule has 1 aromatic carbocycles. The van der Waals surface area contributed by atoms with Gasteiger partial charge in [0.05, 0.1) is 16.1 Å². The summed E-state index contributed by atoms with van der Waals surface area (Å²) in [5.74, 6) is 0.0697. The van der Waals surface area contributed by atoms with Crippen LogP contribution in [0.2, 0.25) is 0 Å². The van der Waals surface area contributed by atoms with Gasteiger partial charge in [-0.2, -0.15) is 0 Å². The number of sulfonamides is 1. The molecule has 2 aliphatic heterocycles. The number of ketones is 1. The van der Waals surface area contributed by atoms with Crippen molar-refractivity contribution in [3.8, 4) is 0 Å². The van der Waals surface area contributed by atoms with Crippen molar-refractivity contribution in [2.24, 2.45) is 5.41 Å². The minimum atomic E-state index is -3.54. The zero-order valence-electron chi connectivity index (χ0n) is 21.6. The van der Waals surface area contributed by atoms with E-state index in [1.807, 2.05) is 31.7 Å². The van der Waals surface area contributed by atoms with Crippen LogP contribution in [0.4, 0.5) is 0 Å². The first-order chi connectivity index (χ1) is 16.9. The third kappa shape index (κ3) is 4.41. The van der Waals surface area contributed by atoms with Crippen molar-refractivity contribution in [2.75, 3.05) is 26.7 Å². The van der Waals surface area contributed by atoms with E-state index in [0.29, 0.717) is 18.7 Å². The molecule has 3 heterocycles. The van der Waals surface area contributed by atoms with Gasteiger partial charge in [0.15, 0.2) is 5.78 Å². The van der Waals surface area contributed by atoms with Crippen LogP contribution in [0.15, 0.2) is 41.3 Å². The van der Waals surface area contributed by atoms with E-state index >= 15 is 0 Å². The van der Waals surface area contributed by atoms with Gasteiger partial charge in [-0.3, -0.25) is 14.5 Å². The number of amides is 1. The Morgan fingerprint density at radius 2 is 1.61 bits per heavy atom. The van der Waals surface area contributed by atoms with Crippen molar-refractivity contribution < 1.29 is 19.4 Å². The van der Waals surface area contributed by atoms with E-state index in [2.05, 4.69) is 27.3 Å². The van der Waals surface area contributed by atoms with Gasteiger partial charge in [0, 0.05) is 50.3 Å². The number of nitrogens with zero attached hydrogens (tertiary/aromatic N) is 3. The van der Waals surface area contributed by atoms with E-state index in [4.69, 9.17) is 0 Å². The molecule has 1 aromatic heterocycles. The molecule has 0 unspecified atom stereocenters. The maximum atomic E-state index is 13.2. The van der Waals surface area contributed by atoms with Crippen LogP contribution in [0.25, 0.3) is 0 Å². The van der Waals surface area contributed by atoms with E-state index in [1.165, 1.54) is 12.1 Å². The zero-order chi connectivity index (χ0) is 25.9. The second kappa shape index (κ2) is 8.82. The molecule has 0 bridgehead atoms. The predicted octanol–water partition coefficient (Wildman–Crippen LogP) is 3.48. The Bertz CT molecular complexity index is 1280. The maximum Gasteiger partial charge on any atom is 0.253 e. The molecule has 1 saturated heterocycles. The number of hydrogen-bond acceptors (Lipinski definition) is 5. The Labute approximate surface area is 215 Å². The minimum absolute atomic E-state index is 0. The number of rotatable bonds is 5. The lowest BCUT2D eigenvalue weighted by Gasteiger charge is -2.50. The van der Waals surface area contributed by atoms with E-state index in [0.717, 1.165) is 50.2 Å². The minimum Gasteiger partial charge on any atom is -0.339 e. The number of benzene rings is 1. The number of piperidine rings is 1. The Balaban J connectivity index is 0.00000320. The molecule has 196 valence electrons. The summed E-state index contributed by atoms with van der Waals surface area (Å²) in [4.78, 5) is 30.7. The average molecular weight is 515 g/mol. The highest BCUT2D eigenvalue weighted by Crippen LogP contribution is 2.42. The summed E-state index contributed by atoms with van der Waals surface area (Å²) in [5.41, 5.74) is 1.78. The molecule has 0 atom stereocenters. The normalized spacial score (nSPS) is 20.4. The summed E-state index contributed by atoms with van der Waals surface area (Å²) in [6, 6.07) is 10.3. The van der Waals surface area contributed by atoms with Crippen LogP contribution in [0, 0.1) is 5.41 Å². The number of fused-ring (bicyclic) bond motifs is 2. The fraction of sp³-hybridized carbons (Fsp3) is 0.556. The number of carbonyl (C=O) groups is 2. The molecule has 2 fully saturated rings. The number of likely N-dealkylation sites (tertiary alicyclic amines) is 1. The first kappa shape index (κ1) is 25.2. The van der Waals surface area contributed by atoms with Crippen LogP contribution in [0.5, 0.6) is 0 Å². The van der Waals surface area contributed by atoms with Gasteiger partial charge in [-0.1, -0.05) is 20.8 Å². The monoisotopic (exact) mass is 514 g/mol. The summed E-state index contributed by atoms with van der Waals surface area (Å²) < 4.78 is 29.7. The lowest BCUT2D eigenvalue weighted by Crippen LogP contribution is -2.56. The summed E-state index contributed by atoms with van der Waals surface area (Å²) in [7, 11) is -1.40. The van der Waals surface area contributed by atoms with Gasteiger partial charge in [0.2, 0.25) is 10.0 Å². The second-order valence-electron chi connectivity index (χ2n) is 11.5. The van der Waals surface area contributed by atoms with E-state index in [-0.39, 0.29) is 29.6 Å². The SMILES string of the molecule is CN1CCn2c(C(=O)C(C)(C)C)ccc2C12CCN(C(=O)c1ccc(S(=O)(=O)NC3CC3)cc1)CC2.[HH]. The molecule has 5 rings (SSSR count). The zero-order valence-corrected chi connectivity index (χ0v) is 22.4. The van der Waals surface area contributed by atoms with Crippen molar-refractivity contribution >= 4 is 21.7 Å². The fourth-order valence-corrected chi connectivity index (χ4v) is 6.83. The van der Waals surface area contributed by atoms with E-state index in [1.54, 1.807) is 12.1 Å². The smallest absolute Gasteiger partial charge is 0.253 e. The van der Waals surface area contributed by atoms with E-state index in [9.17, 15) is 18.0 Å². The number of hydrogen-bond donors (Lipinski definition) is 1. The standard InChI is InChI=1S/C27H36N4O4S.H2/c1-26(2,3)24(32)22-11-12-23-27(29(4)17-18-31(22)23)13-15-30(16-14-27)25(33)19-5-9-21(10-6-19)36(34,35)28-20-7-8-20;/h5-6,9-12,20,28H,7-8,13-18H2,1-4H3;1H. The van der Waals surface area contributed by atoms with Crippen molar-refractivity contribution in [3.05, 3.63) is 53.3 Å². The van der Waals surface area contributed by atoms with Gasteiger partial charge in [0.25, 0.3) is 5.91 Å². The topological polar surface area (TPSA) is 91.7 Å². The quantitative estimate of drug-likeness (QED) is 0.617. The van der Waals surface area contributed by atoms with Gasteiger partial charge < -0.3 is 9.47 Å². The molecule has 1 saturated carbocycles. The van der Waals surface area contributed by atoms with Gasteiger partial charge in [0.1, 0.15) is 0 Å². The fourth-order valence-electron chi connectivity index (χ4n) is 5.52. The predicted molar refractivity (Wildman–Crippen MR) is 140 cm³/mol. The highest BCUT2D eigenvalue weighted by Gasteiger charge is 2.45. The largest absolute Gasteiger partial charge is 0.339 e. The Hall–Kier alpha value is -2.49. The Kier molecular flexibility index (Phi) is 6.16. The van der Waals surface area contributed by atoms with E-state index < -0.39 is 15.4 Å². The van der Waals surface area contributed by atoms with Gasteiger partial charge in [-0.25, -0.2) is 13.1 Å². The molecule has 2 aromatic rings. The molecule has 8 nitrogen and oxygen atoms in total. The lowest BCUT2D eigenvalue weighted by atomic mass is 9.81. The average Bonchev–Trinajstić information content (AvgIpc) is 3.54. The molecular weight excluding hydrogens is 476 g/mol. The van der Waals surface area contributed by atoms with Crippen LogP contribution in [0.3, 0.4) is 0 Å². The molecule has 9 heteroatoms. The molecule has 1 aliphatic carbocycles. The summed E-state index contributed by atoms with van der Waals surface area (Å²) in [6.07, 6.45) is 3.31. The number of nitrogens with one attached hydrogen (secondary N) is 1. The first-order valence-corrected chi connectivity index (χ1v) is 14.3. The van der Waals surface area contributed by atoms with Crippen LogP contribution >= 0.6 is 0 Å². The third-order valence-electron chi connectivity index (χ3n) is 7.95. The summed E-state index contributed by atoms with van der Waals surface area (Å²) in [6.45, 7) is 8.69. The number of likely N-dealkylation sites (N-methyl/N-ethyl adjacent to an activating group) is 1. The first-order valence-electron chi connectivity index (χ1n) is 12.8. The molecule has 0 radical (unpaired) electrons. The van der Waals surface area contributed by atoms with Crippen LogP contribution in [0.1, 0.15) is 74.4 Å². The molecule has 1 N–H and O–H groups in total. The van der Waals surface area contributed by atoms with Crippen LogP contribution < -0.4 is 4.72 Å². The Morgan fingerprint density at radius 1 is 0.972 bits per heavy atom. The van der Waals surface area contributed by atoms with Gasteiger partial charge in [-0.15, -0.1) is 0 Å². The Morgan fingerprint density at radius 3 is 2.19 bits per heavy atom. The van der Waals surface area contributed by atoms with Gasteiger partial charge in [-0.05, 0) is 69.1 Å². The number of carbonyl (C=O) groups excluding carboxylic acids is 2. The van der Waals surface area contributed by atoms with Gasteiger partial charge >= 0.3 is 0 Å². The molecular formula is C27H38N4O4S. The third-order valence-corrected chi connectivity index (χ3v) is 9.49. The van der Waals surface area contributed by atoms with Crippen molar-refractivity contribution in [1.29, 1.82) is 0 Å². The summed E-state index contributed by atoms with van der Waals surface area (Å²) in [5, 5.41) is 0. The highest BCUT2D eigenvalue weighted by atomic mass is 32.2. The lowest BCUT2D eigenvalue weighted by molar-refractivity contribution is 0.0126. The van der Waals surface area contributed by atoms with Crippen molar-refractivity contribution in [2.45, 2.75) is 69.5 Å². The highest BCUT2D eigenvalue weighted by molar-refractivity contribution is 7.89. The molecule has 1 spiro atoms. The van der Waals surface area contributed by atoms with Crippen molar-refractivity contribution in [1.82, 2.24) is 19.1 Å². The number of Topliss-reactive ketones (excluding diaryl/α,β-unsaturated/α-hetero) is 1. The second-order valence-corrected chi connectivity index (χ2v) is 13.2. The number of aromatic nitrogens is 1. The summed E-state index contributed by atoms with van der Waals surface area (Å²) >= 11 is 0. The molecule has 36 heavy (non-hydrogen) atoms. The molecule has 1 amide bonds.